The number of fused-ring (bicyclic) bond motifs is 1. The maximum atomic E-state index is 13.3. The van der Waals surface area contributed by atoms with Crippen LogP contribution in [0.25, 0.3) is 10.9 Å². The molecule has 3 nitrogen and oxygen atoms in total. The Hall–Kier alpha value is -1.68. The number of aryl methyl sites for hydroxylation is 1. The lowest BCUT2D eigenvalue weighted by molar-refractivity contribution is 0.0530. The Morgan fingerprint density at radius 3 is 3.10 bits per heavy atom. The third-order valence-corrected chi connectivity index (χ3v) is 4.09. The molecule has 4 heteroatoms. The van der Waals surface area contributed by atoms with Gasteiger partial charge < -0.3 is 10.1 Å². The van der Waals surface area contributed by atoms with Crippen molar-refractivity contribution < 1.29 is 9.13 Å². The number of hydrogen-bond acceptors (Lipinski definition) is 3. The van der Waals surface area contributed by atoms with Gasteiger partial charge in [-0.2, -0.15) is 0 Å². The Labute approximate surface area is 124 Å². The molecule has 1 saturated heterocycles. The molecule has 1 unspecified atom stereocenters. The summed E-state index contributed by atoms with van der Waals surface area (Å²) in [7, 11) is 0. The summed E-state index contributed by atoms with van der Waals surface area (Å²) in [6, 6.07) is 6.78. The number of ether oxygens (including phenoxy) is 1. The van der Waals surface area contributed by atoms with Gasteiger partial charge in [0.05, 0.1) is 5.52 Å². The van der Waals surface area contributed by atoms with Crippen molar-refractivity contribution >= 4 is 16.7 Å². The summed E-state index contributed by atoms with van der Waals surface area (Å²) < 4.78 is 18.8. The smallest absolute Gasteiger partial charge is 0.126 e. The van der Waals surface area contributed by atoms with E-state index in [9.17, 15) is 4.39 Å². The van der Waals surface area contributed by atoms with Crippen LogP contribution in [0.4, 0.5) is 10.2 Å². The molecule has 2 heterocycles. The van der Waals surface area contributed by atoms with Gasteiger partial charge in [0.2, 0.25) is 0 Å². The fourth-order valence-electron chi connectivity index (χ4n) is 2.91. The van der Waals surface area contributed by atoms with Crippen molar-refractivity contribution in [2.24, 2.45) is 5.92 Å². The van der Waals surface area contributed by atoms with Crippen molar-refractivity contribution in [1.82, 2.24) is 4.98 Å². The molecule has 1 aromatic carbocycles. The fourth-order valence-corrected chi connectivity index (χ4v) is 2.91. The minimum Gasteiger partial charge on any atom is -0.381 e. The molecule has 1 aromatic heterocycles. The summed E-state index contributed by atoms with van der Waals surface area (Å²) in [6.45, 7) is 4.68. The van der Waals surface area contributed by atoms with Gasteiger partial charge in [0.15, 0.2) is 0 Å². The number of aromatic nitrogens is 1. The molecule has 3 rings (SSSR count). The van der Waals surface area contributed by atoms with Gasteiger partial charge in [-0.05, 0) is 55.9 Å². The van der Waals surface area contributed by atoms with Crippen LogP contribution in [-0.4, -0.2) is 24.7 Å². The zero-order chi connectivity index (χ0) is 14.7. The SMILES string of the molecule is Cc1cc(NCCC2CCCOC2)nc2cc(F)ccc12. The van der Waals surface area contributed by atoms with Crippen LogP contribution in [0.5, 0.6) is 0 Å². The van der Waals surface area contributed by atoms with E-state index < -0.39 is 0 Å². The highest BCUT2D eigenvalue weighted by Gasteiger charge is 2.13. The summed E-state index contributed by atoms with van der Waals surface area (Å²) in [4.78, 5) is 4.50. The van der Waals surface area contributed by atoms with Crippen LogP contribution < -0.4 is 5.32 Å². The zero-order valence-corrected chi connectivity index (χ0v) is 12.4. The number of nitrogens with zero attached hydrogens (tertiary/aromatic N) is 1. The van der Waals surface area contributed by atoms with E-state index in [1.807, 2.05) is 13.0 Å². The molecule has 0 amide bonds. The maximum Gasteiger partial charge on any atom is 0.126 e. The van der Waals surface area contributed by atoms with Crippen molar-refractivity contribution in [2.75, 3.05) is 25.1 Å². The molecule has 0 aliphatic carbocycles. The lowest BCUT2D eigenvalue weighted by Crippen LogP contribution is -2.20. The molecule has 1 fully saturated rings. The Morgan fingerprint density at radius 1 is 1.38 bits per heavy atom. The first kappa shape index (κ1) is 14.3. The first-order chi connectivity index (χ1) is 10.2. The number of halogens is 1. The molecule has 0 bridgehead atoms. The molecule has 1 atom stereocenters. The second-order valence-corrected chi connectivity index (χ2v) is 5.78. The van der Waals surface area contributed by atoms with E-state index in [0.717, 1.165) is 49.4 Å². The van der Waals surface area contributed by atoms with Gasteiger partial charge in [-0.3, -0.25) is 0 Å². The highest BCUT2D eigenvalue weighted by molar-refractivity contribution is 5.83. The van der Waals surface area contributed by atoms with Crippen LogP contribution in [0.15, 0.2) is 24.3 Å². The molecule has 1 aliphatic rings. The lowest BCUT2D eigenvalue weighted by Gasteiger charge is -2.22. The van der Waals surface area contributed by atoms with Crippen molar-refractivity contribution in [3.8, 4) is 0 Å². The number of rotatable bonds is 4. The Kier molecular flexibility index (Phi) is 4.34. The number of hydrogen-bond donors (Lipinski definition) is 1. The molecule has 21 heavy (non-hydrogen) atoms. The Balaban J connectivity index is 1.66. The topological polar surface area (TPSA) is 34.1 Å². The van der Waals surface area contributed by atoms with E-state index in [0.29, 0.717) is 11.4 Å². The summed E-state index contributed by atoms with van der Waals surface area (Å²) >= 11 is 0. The van der Waals surface area contributed by atoms with Gasteiger partial charge in [-0.1, -0.05) is 0 Å². The first-order valence-electron chi connectivity index (χ1n) is 7.61. The molecule has 0 spiro atoms. The van der Waals surface area contributed by atoms with Gasteiger partial charge in [0, 0.05) is 31.2 Å². The van der Waals surface area contributed by atoms with Gasteiger partial charge in [0.25, 0.3) is 0 Å². The highest BCUT2D eigenvalue weighted by Crippen LogP contribution is 2.22. The minimum atomic E-state index is -0.245. The highest BCUT2D eigenvalue weighted by atomic mass is 19.1. The van der Waals surface area contributed by atoms with Crippen molar-refractivity contribution in [3.05, 3.63) is 35.6 Å². The third kappa shape index (κ3) is 3.50. The molecular weight excluding hydrogens is 267 g/mol. The van der Waals surface area contributed by atoms with Crippen molar-refractivity contribution in [1.29, 1.82) is 0 Å². The van der Waals surface area contributed by atoms with Crippen LogP contribution in [0.3, 0.4) is 0 Å². The number of pyridine rings is 1. The van der Waals surface area contributed by atoms with Crippen LogP contribution in [0, 0.1) is 18.7 Å². The Morgan fingerprint density at radius 2 is 2.29 bits per heavy atom. The summed E-state index contributed by atoms with van der Waals surface area (Å²) in [5, 5.41) is 4.36. The zero-order valence-electron chi connectivity index (χ0n) is 12.4. The van der Waals surface area contributed by atoms with E-state index in [1.165, 1.54) is 18.6 Å². The quantitative estimate of drug-likeness (QED) is 0.926. The Bertz CT molecular complexity index is 623. The van der Waals surface area contributed by atoms with Crippen LogP contribution in [0.2, 0.25) is 0 Å². The first-order valence-corrected chi connectivity index (χ1v) is 7.61. The molecule has 1 N–H and O–H groups in total. The molecular formula is C17H21FN2O. The summed E-state index contributed by atoms with van der Waals surface area (Å²) in [5.74, 6) is 1.22. The monoisotopic (exact) mass is 288 g/mol. The van der Waals surface area contributed by atoms with Gasteiger partial charge in [0.1, 0.15) is 11.6 Å². The summed E-state index contributed by atoms with van der Waals surface area (Å²) in [5.41, 5.74) is 1.82. The number of benzene rings is 1. The lowest BCUT2D eigenvalue weighted by atomic mass is 9.99. The predicted molar refractivity (Wildman–Crippen MR) is 83.1 cm³/mol. The average Bonchev–Trinajstić information content (AvgIpc) is 2.48. The van der Waals surface area contributed by atoms with E-state index in [-0.39, 0.29) is 5.82 Å². The van der Waals surface area contributed by atoms with Crippen LogP contribution >= 0.6 is 0 Å². The minimum absolute atomic E-state index is 0.245. The van der Waals surface area contributed by atoms with Gasteiger partial charge in [-0.25, -0.2) is 9.37 Å². The van der Waals surface area contributed by atoms with Crippen LogP contribution in [0.1, 0.15) is 24.8 Å². The number of anilines is 1. The van der Waals surface area contributed by atoms with Gasteiger partial charge in [-0.15, -0.1) is 0 Å². The average molecular weight is 288 g/mol. The van der Waals surface area contributed by atoms with E-state index in [4.69, 9.17) is 4.74 Å². The normalized spacial score (nSPS) is 18.9. The largest absolute Gasteiger partial charge is 0.381 e. The standard InChI is InChI=1S/C17H21FN2O/c1-12-9-17(19-7-6-13-3-2-8-21-11-13)20-16-10-14(18)4-5-15(12)16/h4-5,9-10,13H,2-3,6-8,11H2,1H3,(H,19,20). The second-order valence-electron chi connectivity index (χ2n) is 5.78. The molecule has 0 saturated carbocycles. The molecule has 112 valence electrons. The van der Waals surface area contributed by atoms with Gasteiger partial charge >= 0.3 is 0 Å². The fraction of sp³-hybridized carbons (Fsp3) is 0.471. The third-order valence-electron chi connectivity index (χ3n) is 4.09. The molecule has 0 radical (unpaired) electrons. The van der Waals surface area contributed by atoms with E-state index in [2.05, 4.69) is 10.3 Å². The van der Waals surface area contributed by atoms with E-state index >= 15 is 0 Å². The van der Waals surface area contributed by atoms with Crippen LogP contribution in [-0.2, 0) is 4.74 Å². The summed E-state index contributed by atoms with van der Waals surface area (Å²) in [6.07, 6.45) is 3.50. The van der Waals surface area contributed by atoms with E-state index in [1.54, 1.807) is 6.07 Å². The maximum absolute atomic E-state index is 13.3. The molecule has 2 aromatic rings. The molecule has 1 aliphatic heterocycles. The number of nitrogens with one attached hydrogen (secondary N) is 1. The van der Waals surface area contributed by atoms with Crippen molar-refractivity contribution in [3.63, 3.8) is 0 Å². The predicted octanol–water partition coefficient (Wildman–Crippen LogP) is 3.91. The second kappa shape index (κ2) is 6.39. The van der Waals surface area contributed by atoms with Crippen molar-refractivity contribution in [2.45, 2.75) is 26.2 Å².